The fourth-order valence-corrected chi connectivity index (χ4v) is 4.72. The number of hydrogen-bond acceptors (Lipinski definition) is 17. The second-order valence-corrected chi connectivity index (χ2v) is 9.70. The van der Waals surface area contributed by atoms with E-state index in [2.05, 4.69) is 39.5 Å². The molecule has 47 heavy (non-hydrogen) atoms. The van der Waals surface area contributed by atoms with Gasteiger partial charge in [0.2, 0.25) is 23.3 Å². The Morgan fingerprint density at radius 3 is 1.66 bits per heavy atom. The summed E-state index contributed by atoms with van der Waals surface area (Å²) in [6, 6.07) is 0. The van der Waals surface area contributed by atoms with Gasteiger partial charge in [-0.3, -0.25) is 9.59 Å². The first-order chi connectivity index (χ1) is 22.1. The largest absolute Gasteiger partial charge is 0.460 e. The van der Waals surface area contributed by atoms with Crippen molar-refractivity contribution in [3.8, 4) is 0 Å². The molecule has 2 aliphatic heterocycles. The lowest BCUT2D eigenvalue weighted by Gasteiger charge is -2.54. The smallest absolute Gasteiger partial charge is 0.330 e. The highest BCUT2D eigenvalue weighted by Crippen LogP contribution is 2.46. The summed E-state index contributed by atoms with van der Waals surface area (Å²) in [6.07, 6.45) is -9.36. The van der Waals surface area contributed by atoms with Gasteiger partial charge in [0, 0.05) is 24.3 Å². The van der Waals surface area contributed by atoms with Gasteiger partial charge in [-0.25, -0.2) is 19.2 Å². The molecule has 17 nitrogen and oxygen atoms in total. The van der Waals surface area contributed by atoms with E-state index in [1.807, 2.05) is 0 Å². The molecule has 0 aromatic heterocycles. The van der Waals surface area contributed by atoms with E-state index in [1.54, 1.807) is 0 Å². The van der Waals surface area contributed by atoms with Crippen LogP contribution in [-0.2, 0) is 61.9 Å². The maximum absolute atomic E-state index is 13.5. The summed E-state index contributed by atoms with van der Waals surface area (Å²) in [5.74, 6) is -10.8. The molecule has 17 heteroatoms. The number of rotatable bonds is 17. The van der Waals surface area contributed by atoms with E-state index < -0.39 is 109 Å². The van der Waals surface area contributed by atoms with Gasteiger partial charge in [0.15, 0.2) is 23.8 Å². The molecular weight excluding hydrogens is 632 g/mol. The van der Waals surface area contributed by atoms with E-state index >= 15 is 0 Å². The number of ketones is 2. The van der Waals surface area contributed by atoms with Crippen molar-refractivity contribution in [2.45, 2.75) is 53.8 Å². The molecule has 2 rings (SSSR count). The van der Waals surface area contributed by atoms with Crippen molar-refractivity contribution in [2.75, 3.05) is 19.8 Å². The van der Waals surface area contributed by atoms with Crippen molar-refractivity contribution >= 4 is 35.4 Å². The number of hydrogen-bond donors (Lipinski definition) is 4. The van der Waals surface area contributed by atoms with Gasteiger partial charge in [0.05, 0.1) is 6.61 Å². The first kappa shape index (κ1) is 38.6. The monoisotopic (exact) mass is 666 g/mol. The van der Waals surface area contributed by atoms with Crippen LogP contribution in [0.15, 0.2) is 75.9 Å². The summed E-state index contributed by atoms with van der Waals surface area (Å²) in [5.41, 5.74) is -7.33. The van der Waals surface area contributed by atoms with Crippen molar-refractivity contribution in [3.63, 3.8) is 0 Å². The Labute approximate surface area is 267 Å². The van der Waals surface area contributed by atoms with Crippen LogP contribution in [0.5, 0.6) is 0 Å². The predicted octanol–water partition coefficient (Wildman–Crippen LogP) is -2.20. The Morgan fingerprint density at radius 1 is 0.681 bits per heavy atom. The Bertz CT molecular complexity index is 1340. The number of carbonyl (C=O) groups is 6. The normalized spacial score (nSPS) is 32.9. The zero-order valence-electron chi connectivity index (χ0n) is 24.9. The third-order valence-corrected chi connectivity index (χ3v) is 7.01. The average Bonchev–Trinajstić information content (AvgIpc) is 3.34. The summed E-state index contributed by atoms with van der Waals surface area (Å²) >= 11 is 0. The minimum atomic E-state index is -3.71. The first-order valence-electron chi connectivity index (χ1n) is 13.4. The van der Waals surface area contributed by atoms with Crippen LogP contribution in [0.1, 0.15) is 0 Å². The molecule has 9 atom stereocenters. The standard InChI is InChI=1S/C30H34O17/c1-7-18(32)29(39)25(44-22(36)11-5)17(14-41-20(34)9-3)43-27(30(29,40)19(33)8-2)47-28(15-42-21(35)10-4)26(45-23(37)12-6)24(38)16(13-31)46-28/h7-12,16-17,24-27,31,38-40H,1-6,13-15H2/t16-,17-,24-,25-,26+,27-,28+,29+,30+/m1/s1. The van der Waals surface area contributed by atoms with Crippen molar-refractivity contribution in [3.05, 3.63) is 75.9 Å². The molecule has 0 saturated carbocycles. The van der Waals surface area contributed by atoms with Crippen LogP contribution in [0.2, 0.25) is 0 Å². The van der Waals surface area contributed by atoms with Crippen LogP contribution < -0.4 is 0 Å². The van der Waals surface area contributed by atoms with E-state index in [0.717, 1.165) is 0 Å². The number of esters is 4. The first-order valence-corrected chi connectivity index (χ1v) is 13.4. The van der Waals surface area contributed by atoms with Crippen LogP contribution in [-0.4, -0.2) is 129 Å². The maximum atomic E-state index is 13.5. The fraction of sp³-hybridized carbons (Fsp3) is 0.400. The number of ether oxygens (including phenoxy) is 7. The third-order valence-electron chi connectivity index (χ3n) is 7.01. The summed E-state index contributed by atoms with van der Waals surface area (Å²) in [6.45, 7) is 16.2. The van der Waals surface area contributed by atoms with Crippen molar-refractivity contribution < 1.29 is 82.4 Å². The van der Waals surface area contributed by atoms with Gasteiger partial charge in [0.25, 0.3) is 0 Å². The Morgan fingerprint density at radius 2 is 1.17 bits per heavy atom. The predicted molar refractivity (Wildman–Crippen MR) is 153 cm³/mol. The Kier molecular flexibility index (Phi) is 13.0. The molecule has 2 heterocycles. The third kappa shape index (κ3) is 7.36. The fourth-order valence-electron chi connectivity index (χ4n) is 4.72. The zero-order valence-corrected chi connectivity index (χ0v) is 24.9. The van der Waals surface area contributed by atoms with Crippen LogP contribution in [0.4, 0.5) is 0 Å². The molecular formula is C30H34O17. The minimum Gasteiger partial charge on any atom is -0.460 e. The molecule has 0 bridgehead atoms. The van der Waals surface area contributed by atoms with Gasteiger partial charge < -0.3 is 53.6 Å². The van der Waals surface area contributed by atoms with E-state index in [0.29, 0.717) is 36.5 Å². The van der Waals surface area contributed by atoms with Gasteiger partial charge in [-0.05, 0) is 12.2 Å². The van der Waals surface area contributed by atoms with Gasteiger partial charge in [0.1, 0.15) is 31.5 Å². The SMILES string of the molecule is C=CC(=O)OC[C@H]1O[C@H](O[C@]2(COC(=O)C=C)O[C@H](CO)[C@@H](O)[C@@H]2OC(=O)C=C)[C@@](O)(C(=O)C=C)[C@](O)(C(=O)C=C)[C@@H]1OC(=O)C=C. The molecule has 0 aliphatic carbocycles. The molecule has 2 fully saturated rings. The van der Waals surface area contributed by atoms with E-state index in [9.17, 15) is 49.2 Å². The van der Waals surface area contributed by atoms with Gasteiger partial charge >= 0.3 is 23.9 Å². The molecule has 0 radical (unpaired) electrons. The number of carbonyl (C=O) groups excluding carboxylic acids is 6. The summed E-state index contributed by atoms with van der Waals surface area (Å²) in [4.78, 5) is 75.6. The lowest BCUT2D eigenvalue weighted by Crippen LogP contribution is -2.81. The van der Waals surface area contributed by atoms with Crippen molar-refractivity contribution in [1.82, 2.24) is 0 Å². The topological polar surface area (TPSA) is 248 Å². The highest BCUT2D eigenvalue weighted by Gasteiger charge is 2.75. The molecule has 0 unspecified atom stereocenters. The lowest BCUT2D eigenvalue weighted by molar-refractivity contribution is -0.407. The molecule has 4 N–H and O–H groups in total. The molecule has 0 aromatic carbocycles. The highest BCUT2D eigenvalue weighted by atomic mass is 16.8. The van der Waals surface area contributed by atoms with Gasteiger partial charge in [-0.2, -0.15) is 0 Å². The molecule has 0 aromatic rings. The zero-order chi connectivity index (χ0) is 35.7. The molecule has 2 saturated heterocycles. The molecule has 2 aliphatic rings. The number of aliphatic hydroxyl groups excluding tert-OH is 2. The van der Waals surface area contributed by atoms with Crippen LogP contribution in [0, 0.1) is 0 Å². The summed E-state index contributed by atoms with van der Waals surface area (Å²) in [5, 5.41) is 44.9. The summed E-state index contributed by atoms with van der Waals surface area (Å²) < 4.78 is 37.5. The Balaban J connectivity index is 2.95. The van der Waals surface area contributed by atoms with Crippen molar-refractivity contribution in [2.24, 2.45) is 0 Å². The van der Waals surface area contributed by atoms with Gasteiger partial charge in [-0.15, -0.1) is 0 Å². The highest BCUT2D eigenvalue weighted by molar-refractivity contribution is 6.08. The van der Waals surface area contributed by atoms with Crippen molar-refractivity contribution in [1.29, 1.82) is 0 Å². The lowest BCUT2D eigenvalue weighted by atomic mass is 9.68. The van der Waals surface area contributed by atoms with Crippen LogP contribution in [0.3, 0.4) is 0 Å². The van der Waals surface area contributed by atoms with E-state index in [-0.39, 0.29) is 0 Å². The quantitative estimate of drug-likeness (QED) is 0.0731. The van der Waals surface area contributed by atoms with Crippen LogP contribution >= 0.6 is 0 Å². The number of aliphatic hydroxyl groups is 4. The summed E-state index contributed by atoms with van der Waals surface area (Å²) in [7, 11) is 0. The molecule has 0 amide bonds. The maximum Gasteiger partial charge on any atom is 0.330 e. The molecule has 0 spiro atoms. The second-order valence-electron chi connectivity index (χ2n) is 9.70. The second kappa shape index (κ2) is 15.8. The molecule has 256 valence electrons. The van der Waals surface area contributed by atoms with Gasteiger partial charge in [-0.1, -0.05) is 39.5 Å². The Hall–Kier alpha value is -4.62. The minimum absolute atomic E-state index is 0.423. The average molecular weight is 667 g/mol. The van der Waals surface area contributed by atoms with Crippen LogP contribution in [0.25, 0.3) is 0 Å². The van der Waals surface area contributed by atoms with E-state index in [4.69, 9.17) is 33.2 Å². The van der Waals surface area contributed by atoms with E-state index in [1.165, 1.54) is 0 Å².